The fourth-order valence-electron chi connectivity index (χ4n) is 3.33. The smallest absolute Gasteiger partial charge is 0.342 e. The number of rotatable bonds is 7. The van der Waals surface area contributed by atoms with Crippen LogP contribution in [0.4, 0.5) is 5.88 Å². The Hall–Kier alpha value is -2.43. The van der Waals surface area contributed by atoms with E-state index >= 15 is 0 Å². The van der Waals surface area contributed by atoms with E-state index in [-0.39, 0.29) is 16.0 Å². The number of aliphatic carboxylic acids is 1. The number of piperidine rings is 1. The summed E-state index contributed by atoms with van der Waals surface area (Å²) < 4.78 is 17.7. The van der Waals surface area contributed by atoms with Gasteiger partial charge in [-0.25, -0.2) is 4.79 Å². The molecule has 0 unspecified atom stereocenters. The van der Waals surface area contributed by atoms with Crippen molar-refractivity contribution in [2.75, 3.05) is 25.1 Å². The number of carboxylic acid groups (broad SMARTS) is 1. The number of nitrogens with zero attached hydrogens (tertiary/aromatic N) is 3. The zero-order valence-corrected chi connectivity index (χ0v) is 20.2. The van der Waals surface area contributed by atoms with Crippen LogP contribution in [-0.4, -0.2) is 41.5 Å². The second-order valence-electron chi connectivity index (χ2n) is 6.98. The second kappa shape index (κ2) is 10.0. The first-order chi connectivity index (χ1) is 15.4. The number of carbonyl (C=O) groups is 1. The minimum Gasteiger partial charge on any atom is -0.496 e. The van der Waals surface area contributed by atoms with E-state index in [2.05, 4.69) is 31.0 Å². The highest BCUT2D eigenvalue weighted by atomic mass is 79.9. The predicted molar refractivity (Wildman–Crippen MR) is 125 cm³/mol. The Labute approximate surface area is 201 Å². The van der Waals surface area contributed by atoms with Crippen LogP contribution in [0.25, 0.3) is 17.5 Å². The molecule has 0 bridgehead atoms. The molecule has 0 atom stereocenters. The maximum atomic E-state index is 11.8. The molecule has 1 fully saturated rings. The van der Waals surface area contributed by atoms with Crippen molar-refractivity contribution < 1.29 is 23.5 Å². The molecule has 1 N–H and O–H groups in total. The van der Waals surface area contributed by atoms with Gasteiger partial charge in [0.25, 0.3) is 11.1 Å². The van der Waals surface area contributed by atoms with Crippen molar-refractivity contribution in [1.82, 2.24) is 10.2 Å². The highest BCUT2D eigenvalue weighted by Gasteiger charge is 2.21. The molecule has 8 nitrogen and oxygen atoms in total. The summed E-state index contributed by atoms with van der Waals surface area (Å²) in [6.45, 7) is 1.82. The standard InChI is InChI=1S/C21H19BrClN3O5S/c1-29-16-6-5-12(23)9-14(16)18-24-25-21(31-18)32-17(20(27)28)11-13-10-15(22)19(30-13)26-7-3-2-4-8-26/h5-6,9-11H,2-4,7-8H2,1H3,(H,27,28)/b17-11-. The molecular weight excluding hydrogens is 522 g/mol. The van der Waals surface area contributed by atoms with Crippen LogP contribution in [0.2, 0.25) is 5.02 Å². The van der Waals surface area contributed by atoms with Crippen LogP contribution in [0.1, 0.15) is 25.0 Å². The molecule has 3 heterocycles. The summed E-state index contributed by atoms with van der Waals surface area (Å²) in [5.74, 6) is 0.665. The third-order valence-electron chi connectivity index (χ3n) is 4.81. The topological polar surface area (TPSA) is 102 Å². The van der Waals surface area contributed by atoms with Crippen molar-refractivity contribution in [1.29, 1.82) is 0 Å². The van der Waals surface area contributed by atoms with Gasteiger partial charge < -0.3 is 23.6 Å². The summed E-state index contributed by atoms with van der Waals surface area (Å²) in [5.41, 5.74) is 0.515. The van der Waals surface area contributed by atoms with Gasteiger partial charge in [-0.3, -0.25) is 0 Å². The van der Waals surface area contributed by atoms with Crippen molar-refractivity contribution in [3.63, 3.8) is 0 Å². The second-order valence-corrected chi connectivity index (χ2v) is 9.27. The molecule has 0 radical (unpaired) electrons. The van der Waals surface area contributed by atoms with Crippen LogP contribution < -0.4 is 9.64 Å². The number of thioether (sulfide) groups is 1. The monoisotopic (exact) mass is 539 g/mol. The molecule has 32 heavy (non-hydrogen) atoms. The molecule has 1 saturated heterocycles. The predicted octanol–water partition coefficient (Wildman–Crippen LogP) is 5.96. The molecular formula is C21H19BrClN3O5S. The third kappa shape index (κ3) is 5.13. The van der Waals surface area contributed by atoms with Crippen molar-refractivity contribution in [3.05, 3.63) is 44.4 Å². The van der Waals surface area contributed by atoms with Gasteiger partial charge in [-0.05, 0) is 65.2 Å². The Balaban J connectivity index is 1.57. The SMILES string of the molecule is COc1ccc(Cl)cc1-c1nnc(S/C(=C\c2cc(Br)c(N3CCCCC3)o2)C(=O)O)o1. The van der Waals surface area contributed by atoms with E-state index in [0.717, 1.165) is 42.2 Å². The lowest BCUT2D eigenvalue weighted by Crippen LogP contribution is -2.29. The number of hydrogen-bond donors (Lipinski definition) is 1. The van der Waals surface area contributed by atoms with Crippen LogP contribution in [0.3, 0.4) is 0 Å². The van der Waals surface area contributed by atoms with Gasteiger partial charge in [0.15, 0.2) is 0 Å². The molecule has 11 heteroatoms. The number of anilines is 1. The molecule has 0 spiro atoms. The molecule has 2 aromatic heterocycles. The summed E-state index contributed by atoms with van der Waals surface area (Å²) >= 11 is 10.4. The van der Waals surface area contributed by atoms with E-state index in [1.807, 2.05) is 0 Å². The quantitative estimate of drug-likeness (QED) is 0.287. The molecule has 0 aliphatic carbocycles. The van der Waals surface area contributed by atoms with Crippen molar-refractivity contribution in [3.8, 4) is 17.2 Å². The number of furan rings is 1. The first kappa shape index (κ1) is 22.8. The lowest BCUT2D eigenvalue weighted by Gasteiger charge is -2.26. The number of methoxy groups -OCH3 is 1. The average molecular weight is 541 g/mol. The minimum absolute atomic E-state index is 0.0234. The summed E-state index contributed by atoms with van der Waals surface area (Å²) in [5, 5.41) is 18.2. The summed E-state index contributed by atoms with van der Waals surface area (Å²) in [6, 6.07) is 6.76. The Morgan fingerprint density at radius 3 is 2.75 bits per heavy atom. The average Bonchev–Trinajstić information content (AvgIpc) is 3.40. The maximum Gasteiger partial charge on any atom is 0.342 e. The van der Waals surface area contributed by atoms with Gasteiger partial charge in [0, 0.05) is 30.3 Å². The maximum absolute atomic E-state index is 11.8. The van der Waals surface area contributed by atoms with Crippen LogP contribution >= 0.6 is 39.3 Å². The van der Waals surface area contributed by atoms with E-state index in [1.165, 1.54) is 19.6 Å². The molecule has 3 aromatic rings. The summed E-state index contributed by atoms with van der Waals surface area (Å²) in [4.78, 5) is 14.0. The fourth-order valence-corrected chi connectivity index (χ4v) is 4.71. The summed E-state index contributed by atoms with van der Waals surface area (Å²) in [7, 11) is 1.52. The van der Waals surface area contributed by atoms with Crippen molar-refractivity contribution in [2.24, 2.45) is 0 Å². The number of ether oxygens (including phenoxy) is 1. The molecule has 1 aromatic carbocycles. The highest BCUT2D eigenvalue weighted by molar-refractivity contribution is 9.10. The van der Waals surface area contributed by atoms with Crippen LogP contribution in [0.15, 0.2) is 47.7 Å². The lowest BCUT2D eigenvalue weighted by atomic mass is 10.1. The molecule has 0 amide bonds. The van der Waals surface area contributed by atoms with E-state index in [4.69, 9.17) is 25.2 Å². The Morgan fingerprint density at radius 1 is 1.25 bits per heavy atom. The van der Waals surface area contributed by atoms with E-state index < -0.39 is 5.97 Å². The van der Waals surface area contributed by atoms with E-state index in [9.17, 15) is 9.90 Å². The molecule has 1 aliphatic heterocycles. The van der Waals surface area contributed by atoms with Crippen molar-refractivity contribution >= 4 is 57.2 Å². The highest BCUT2D eigenvalue weighted by Crippen LogP contribution is 2.37. The largest absolute Gasteiger partial charge is 0.496 e. The lowest BCUT2D eigenvalue weighted by molar-refractivity contribution is -0.131. The fraction of sp³-hybridized carbons (Fsp3) is 0.286. The van der Waals surface area contributed by atoms with Gasteiger partial charge >= 0.3 is 5.97 Å². The number of benzene rings is 1. The Bertz CT molecular complexity index is 1160. The first-order valence-corrected chi connectivity index (χ1v) is 11.8. The van der Waals surface area contributed by atoms with Gasteiger partial charge in [-0.1, -0.05) is 11.6 Å². The Morgan fingerprint density at radius 2 is 2.03 bits per heavy atom. The first-order valence-electron chi connectivity index (χ1n) is 9.79. The van der Waals surface area contributed by atoms with Gasteiger partial charge in [0.05, 0.1) is 17.1 Å². The van der Waals surface area contributed by atoms with Gasteiger partial charge in [0.2, 0.25) is 5.88 Å². The number of hydrogen-bond acceptors (Lipinski definition) is 8. The Kier molecular flexibility index (Phi) is 7.12. The molecule has 0 saturated carbocycles. The van der Waals surface area contributed by atoms with E-state index in [1.54, 1.807) is 24.3 Å². The van der Waals surface area contributed by atoms with Crippen LogP contribution in [0.5, 0.6) is 5.75 Å². The van der Waals surface area contributed by atoms with E-state index in [0.29, 0.717) is 28.0 Å². The zero-order chi connectivity index (χ0) is 22.7. The van der Waals surface area contributed by atoms with Crippen molar-refractivity contribution in [2.45, 2.75) is 24.5 Å². The number of carboxylic acids is 1. The number of halogens is 2. The summed E-state index contributed by atoms with van der Waals surface area (Å²) in [6.07, 6.45) is 4.85. The van der Waals surface area contributed by atoms with Gasteiger partial charge in [-0.2, -0.15) is 0 Å². The normalized spacial score (nSPS) is 14.6. The molecule has 1 aliphatic rings. The molecule has 4 rings (SSSR count). The van der Waals surface area contributed by atoms with Crippen LogP contribution in [-0.2, 0) is 4.79 Å². The number of aromatic nitrogens is 2. The third-order valence-corrected chi connectivity index (χ3v) is 6.47. The molecule has 168 valence electrons. The zero-order valence-electron chi connectivity index (χ0n) is 17.0. The van der Waals surface area contributed by atoms with Gasteiger partial charge in [0.1, 0.15) is 16.4 Å². The van der Waals surface area contributed by atoms with Crippen LogP contribution in [0, 0.1) is 0 Å². The van der Waals surface area contributed by atoms with Gasteiger partial charge in [-0.15, -0.1) is 10.2 Å². The minimum atomic E-state index is -1.14.